The van der Waals surface area contributed by atoms with Crippen molar-refractivity contribution in [2.45, 2.75) is 43.7 Å². The van der Waals surface area contributed by atoms with Crippen LogP contribution in [0.15, 0.2) is 0 Å². The van der Waals surface area contributed by atoms with Gasteiger partial charge in [-0.15, -0.1) is 6.42 Å². The number of hydrogen-bond acceptors (Lipinski definition) is 3. The maximum atomic E-state index is 5.54. The van der Waals surface area contributed by atoms with Crippen LogP contribution in [0.25, 0.3) is 0 Å². The molecule has 3 nitrogen and oxygen atoms in total. The molecule has 1 fully saturated rings. The number of methoxy groups -OCH3 is 1. The summed E-state index contributed by atoms with van der Waals surface area (Å²) in [4.78, 5) is 0. The molecule has 0 bridgehead atoms. The van der Waals surface area contributed by atoms with Gasteiger partial charge in [-0.3, -0.25) is 5.84 Å². The average Bonchev–Trinajstić information content (AvgIpc) is 2.21. The summed E-state index contributed by atoms with van der Waals surface area (Å²) in [7, 11) is 1.72. The van der Waals surface area contributed by atoms with Gasteiger partial charge in [-0.25, -0.2) is 5.43 Å². The van der Waals surface area contributed by atoms with E-state index < -0.39 is 0 Å². The monoisotopic (exact) mass is 182 g/mol. The molecule has 3 N–H and O–H groups in total. The Bertz CT molecular complexity index is 192. The molecule has 0 heterocycles. The zero-order chi connectivity index (χ0) is 9.73. The first-order valence-corrected chi connectivity index (χ1v) is 4.76. The number of nitrogens with two attached hydrogens (primary N) is 1. The molecule has 1 aliphatic carbocycles. The van der Waals surface area contributed by atoms with Gasteiger partial charge in [0, 0.05) is 7.11 Å². The van der Waals surface area contributed by atoms with Crippen LogP contribution in [-0.4, -0.2) is 18.8 Å². The van der Waals surface area contributed by atoms with Crippen LogP contribution >= 0.6 is 0 Å². The number of rotatable bonds is 3. The molecular formula is C10H18N2O. The van der Waals surface area contributed by atoms with Crippen molar-refractivity contribution in [2.75, 3.05) is 7.11 Å². The first-order chi connectivity index (χ1) is 6.29. The standard InChI is InChI=1S/C10H18N2O/c1-3-9(12-11)10(13-2)7-5-4-6-8-10/h1,9,12H,4-8,11H2,2H3. The normalized spacial score (nSPS) is 23.5. The van der Waals surface area contributed by atoms with Crippen molar-refractivity contribution < 1.29 is 4.74 Å². The molecule has 0 aliphatic heterocycles. The number of hydrogen-bond donors (Lipinski definition) is 2. The molecule has 13 heavy (non-hydrogen) atoms. The van der Waals surface area contributed by atoms with Gasteiger partial charge >= 0.3 is 0 Å². The van der Waals surface area contributed by atoms with Gasteiger partial charge in [0.15, 0.2) is 0 Å². The summed E-state index contributed by atoms with van der Waals surface area (Å²) in [6.07, 6.45) is 11.0. The molecule has 1 unspecified atom stereocenters. The van der Waals surface area contributed by atoms with Gasteiger partial charge in [-0.2, -0.15) is 0 Å². The van der Waals surface area contributed by atoms with Crippen LogP contribution in [0.2, 0.25) is 0 Å². The number of hydrazine groups is 1. The first kappa shape index (κ1) is 10.5. The summed E-state index contributed by atoms with van der Waals surface area (Å²) in [5.41, 5.74) is 2.42. The highest BCUT2D eigenvalue weighted by Gasteiger charge is 2.38. The lowest BCUT2D eigenvalue weighted by Crippen LogP contribution is -2.54. The topological polar surface area (TPSA) is 47.3 Å². The number of terminal acetylenes is 1. The molecule has 1 rings (SSSR count). The molecule has 0 aromatic heterocycles. The van der Waals surface area contributed by atoms with Crippen LogP contribution in [0.5, 0.6) is 0 Å². The van der Waals surface area contributed by atoms with Gasteiger partial charge in [-0.05, 0) is 12.8 Å². The van der Waals surface area contributed by atoms with E-state index >= 15 is 0 Å². The smallest absolute Gasteiger partial charge is 0.110 e. The van der Waals surface area contributed by atoms with Gasteiger partial charge in [0.05, 0.1) is 5.60 Å². The fourth-order valence-electron chi connectivity index (χ4n) is 2.11. The van der Waals surface area contributed by atoms with Gasteiger partial charge in [0.25, 0.3) is 0 Å². The van der Waals surface area contributed by atoms with Crippen molar-refractivity contribution in [3.05, 3.63) is 0 Å². The van der Waals surface area contributed by atoms with E-state index in [1.807, 2.05) is 0 Å². The highest BCUT2D eigenvalue weighted by molar-refractivity contribution is 5.10. The van der Waals surface area contributed by atoms with Crippen LogP contribution in [0, 0.1) is 12.3 Å². The molecule has 74 valence electrons. The van der Waals surface area contributed by atoms with Crippen molar-refractivity contribution >= 4 is 0 Å². The van der Waals surface area contributed by atoms with E-state index in [2.05, 4.69) is 11.3 Å². The Morgan fingerprint density at radius 3 is 2.46 bits per heavy atom. The average molecular weight is 182 g/mol. The zero-order valence-corrected chi connectivity index (χ0v) is 8.18. The molecular weight excluding hydrogens is 164 g/mol. The van der Waals surface area contributed by atoms with Crippen LogP contribution in [0.3, 0.4) is 0 Å². The Morgan fingerprint density at radius 1 is 1.46 bits per heavy atom. The predicted molar refractivity (Wildman–Crippen MR) is 52.8 cm³/mol. The number of ether oxygens (including phenoxy) is 1. The lowest BCUT2D eigenvalue weighted by atomic mass is 9.79. The SMILES string of the molecule is C#CC(NN)C1(OC)CCCCC1. The van der Waals surface area contributed by atoms with Crippen LogP contribution in [0.4, 0.5) is 0 Å². The van der Waals surface area contributed by atoms with E-state index in [4.69, 9.17) is 17.0 Å². The van der Waals surface area contributed by atoms with Crippen LogP contribution in [0.1, 0.15) is 32.1 Å². The predicted octanol–water partition coefficient (Wildman–Crippen LogP) is 0.801. The molecule has 1 atom stereocenters. The van der Waals surface area contributed by atoms with Gasteiger partial charge in [0.1, 0.15) is 6.04 Å². The maximum Gasteiger partial charge on any atom is 0.110 e. The highest BCUT2D eigenvalue weighted by Crippen LogP contribution is 2.33. The molecule has 0 aromatic carbocycles. The maximum absolute atomic E-state index is 5.54. The van der Waals surface area contributed by atoms with Crippen molar-refractivity contribution in [1.29, 1.82) is 0 Å². The third-order valence-corrected chi connectivity index (χ3v) is 2.97. The molecule has 1 aliphatic rings. The van der Waals surface area contributed by atoms with Gasteiger partial charge < -0.3 is 4.74 Å². The van der Waals surface area contributed by atoms with Crippen molar-refractivity contribution in [1.82, 2.24) is 5.43 Å². The van der Waals surface area contributed by atoms with E-state index in [0.717, 1.165) is 12.8 Å². The van der Waals surface area contributed by atoms with E-state index in [-0.39, 0.29) is 11.6 Å². The van der Waals surface area contributed by atoms with Crippen molar-refractivity contribution in [3.8, 4) is 12.3 Å². The van der Waals surface area contributed by atoms with E-state index in [1.54, 1.807) is 7.11 Å². The second kappa shape index (κ2) is 4.61. The fourth-order valence-corrected chi connectivity index (χ4v) is 2.11. The fraction of sp³-hybridized carbons (Fsp3) is 0.800. The van der Waals surface area contributed by atoms with Crippen LogP contribution < -0.4 is 11.3 Å². The Labute approximate surface area is 80.0 Å². The minimum Gasteiger partial charge on any atom is -0.376 e. The van der Waals surface area contributed by atoms with Crippen molar-refractivity contribution in [3.63, 3.8) is 0 Å². The molecule has 0 spiro atoms. The van der Waals surface area contributed by atoms with E-state index in [0.29, 0.717) is 0 Å². The lowest BCUT2D eigenvalue weighted by molar-refractivity contribution is -0.0538. The van der Waals surface area contributed by atoms with Crippen LogP contribution in [-0.2, 0) is 4.74 Å². The Kier molecular flexibility index (Phi) is 3.73. The molecule has 0 amide bonds. The Morgan fingerprint density at radius 2 is 2.08 bits per heavy atom. The first-order valence-electron chi connectivity index (χ1n) is 4.76. The van der Waals surface area contributed by atoms with Crippen molar-refractivity contribution in [2.24, 2.45) is 5.84 Å². The minimum atomic E-state index is -0.234. The third kappa shape index (κ3) is 2.02. The minimum absolute atomic E-state index is 0.169. The molecule has 0 radical (unpaired) electrons. The molecule has 0 aromatic rings. The van der Waals surface area contributed by atoms with E-state index in [1.165, 1.54) is 19.3 Å². The zero-order valence-electron chi connectivity index (χ0n) is 8.18. The largest absolute Gasteiger partial charge is 0.376 e. The van der Waals surface area contributed by atoms with E-state index in [9.17, 15) is 0 Å². The summed E-state index contributed by atoms with van der Waals surface area (Å²) in [5.74, 6) is 8.05. The summed E-state index contributed by atoms with van der Waals surface area (Å²) < 4.78 is 5.54. The number of nitrogens with one attached hydrogen (secondary N) is 1. The quantitative estimate of drug-likeness (QED) is 0.385. The second-order valence-electron chi connectivity index (χ2n) is 3.60. The summed E-state index contributed by atoms with van der Waals surface area (Å²) in [5, 5.41) is 0. The summed E-state index contributed by atoms with van der Waals surface area (Å²) in [6, 6.07) is -0.169. The van der Waals surface area contributed by atoms with Gasteiger partial charge in [0.2, 0.25) is 0 Å². The highest BCUT2D eigenvalue weighted by atomic mass is 16.5. The molecule has 1 saturated carbocycles. The Balaban J connectivity index is 2.72. The third-order valence-electron chi connectivity index (χ3n) is 2.97. The van der Waals surface area contributed by atoms with Gasteiger partial charge in [-0.1, -0.05) is 25.2 Å². The Hall–Kier alpha value is -0.560. The molecule has 3 heteroatoms. The summed E-state index contributed by atoms with van der Waals surface area (Å²) >= 11 is 0. The lowest BCUT2D eigenvalue weighted by Gasteiger charge is -2.39. The summed E-state index contributed by atoms with van der Waals surface area (Å²) in [6.45, 7) is 0. The molecule has 0 saturated heterocycles. The second-order valence-corrected chi connectivity index (χ2v) is 3.60.